The van der Waals surface area contributed by atoms with Gasteiger partial charge in [-0.05, 0) is 18.2 Å². The quantitative estimate of drug-likeness (QED) is 0.627. The summed E-state index contributed by atoms with van der Waals surface area (Å²) in [4.78, 5) is 17.8. The normalized spacial score (nSPS) is 9.75. The molecular weight excluding hydrogens is 208 g/mol. The van der Waals surface area contributed by atoms with Gasteiger partial charge in [0.25, 0.3) is 0 Å². The van der Waals surface area contributed by atoms with Gasteiger partial charge in [-0.15, -0.1) is 0 Å². The van der Waals surface area contributed by atoms with E-state index in [1.807, 2.05) is 0 Å². The fourth-order valence-electron chi connectivity index (χ4n) is 1.23. The maximum Gasteiger partial charge on any atom is 0.310 e. The van der Waals surface area contributed by atoms with Crippen LogP contribution in [0.3, 0.4) is 0 Å². The third kappa shape index (κ3) is 2.11. The van der Waals surface area contributed by atoms with Crippen LogP contribution in [0, 0.1) is 10.1 Å². The number of nitrogens with zero attached hydrogens (tertiary/aromatic N) is 3. The Morgan fingerprint density at radius 2 is 1.81 bits per heavy atom. The number of nitrogens with one attached hydrogen (secondary N) is 1. The van der Waals surface area contributed by atoms with E-state index in [0.29, 0.717) is 5.69 Å². The highest BCUT2D eigenvalue weighted by Gasteiger charge is 2.12. The lowest BCUT2D eigenvalue weighted by molar-refractivity contribution is -0.384. The molecule has 0 saturated carbocycles. The average molecular weight is 216 g/mol. The Labute approximate surface area is 91.1 Å². The van der Waals surface area contributed by atoms with Crippen LogP contribution in [0.25, 0.3) is 0 Å². The second-order valence-corrected chi connectivity index (χ2v) is 3.01. The Hall–Kier alpha value is -2.50. The maximum absolute atomic E-state index is 10.7. The SMILES string of the molecule is O=[N+]([O-])c1cnccc1Nc1ccncc1. The maximum atomic E-state index is 10.7. The lowest BCUT2D eigenvalue weighted by Crippen LogP contribution is -1.97. The van der Waals surface area contributed by atoms with Crippen molar-refractivity contribution in [3.63, 3.8) is 0 Å². The van der Waals surface area contributed by atoms with E-state index in [0.717, 1.165) is 5.69 Å². The average Bonchev–Trinajstić information content (AvgIpc) is 2.31. The molecule has 0 aliphatic rings. The second-order valence-electron chi connectivity index (χ2n) is 3.01. The van der Waals surface area contributed by atoms with E-state index >= 15 is 0 Å². The number of aromatic nitrogens is 2. The van der Waals surface area contributed by atoms with Gasteiger partial charge in [-0.1, -0.05) is 0 Å². The standard InChI is InChI=1S/C10H8N4O2/c15-14(16)10-7-12-6-3-9(10)13-8-1-4-11-5-2-8/h1-7H,(H,11,12,13). The molecule has 0 unspecified atom stereocenters. The molecule has 0 spiro atoms. The highest BCUT2D eigenvalue weighted by molar-refractivity contribution is 5.67. The van der Waals surface area contributed by atoms with Gasteiger partial charge in [0.2, 0.25) is 0 Å². The van der Waals surface area contributed by atoms with Gasteiger partial charge in [-0.2, -0.15) is 0 Å². The molecule has 0 aliphatic heterocycles. The zero-order valence-corrected chi connectivity index (χ0v) is 8.20. The van der Waals surface area contributed by atoms with Crippen molar-refractivity contribution in [2.24, 2.45) is 0 Å². The first-order valence-electron chi connectivity index (χ1n) is 4.53. The summed E-state index contributed by atoms with van der Waals surface area (Å²) in [5, 5.41) is 13.7. The molecule has 16 heavy (non-hydrogen) atoms. The molecule has 80 valence electrons. The van der Waals surface area contributed by atoms with Gasteiger partial charge in [-0.25, -0.2) is 0 Å². The molecule has 2 rings (SSSR count). The van der Waals surface area contributed by atoms with Crippen LogP contribution in [0.1, 0.15) is 0 Å². The van der Waals surface area contributed by atoms with E-state index in [1.165, 1.54) is 12.4 Å². The van der Waals surface area contributed by atoms with Gasteiger partial charge < -0.3 is 5.32 Å². The first kappa shape index (κ1) is 10.0. The Balaban J connectivity index is 2.31. The summed E-state index contributed by atoms with van der Waals surface area (Å²) in [6.45, 7) is 0. The van der Waals surface area contributed by atoms with E-state index in [4.69, 9.17) is 0 Å². The van der Waals surface area contributed by atoms with Crippen molar-refractivity contribution < 1.29 is 4.92 Å². The van der Waals surface area contributed by atoms with Gasteiger partial charge in [0.1, 0.15) is 11.9 Å². The lowest BCUT2D eigenvalue weighted by atomic mass is 10.3. The monoisotopic (exact) mass is 216 g/mol. The molecule has 0 aliphatic carbocycles. The zero-order chi connectivity index (χ0) is 11.4. The smallest absolute Gasteiger partial charge is 0.310 e. The minimum atomic E-state index is -0.476. The van der Waals surface area contributed by atoms with E-state index in [2.05, 4.69) is 15.3 Å². The number of hydrogen-bond donors (Lipinski definition) is 1. The van der Waals surface area contributed by atoms with Gasteiger partial charge in [0, 0.05) is 24.3 Å². The van der Waals surface area contributed by atoms with Crippen LogP contribution in [0.4, 0.5) is 17.1 Å². The van der Waals surface area contributed by atoms with Crippen LogP contribution in [0.5, 0.6) is 0 Å². The summed E-state index contributed by atoms with van der Waals surface area (Å²) < 4.78 is 0. The predicted molar refractivity (Wildman–Crippen MR) is 58.4 cm³/mol. The summed E-state index contributed by atoms with van der Waals surface area (Å²) in [5.41, 5.74) is 1.09. The molecule has 0 fully saturated rings. The van der Waals surface area contributed by atoms with Gasteiger partial charge in [-0.3, -0.25) is 20.1 Å². The third-order valence-corrected chi connectivity index (χ3v) is 1.96. The molecule has 1 N–H and O–H groups in total. The zero-order valence-electron chi connectivity index (χ0n) is 8.20. The summed E-state index contributed by atoms with van der Waals surface area (Å²) in [7, 11) is 0. The van der Waals surface area contributed by atoms with Crippen molar-refractivity contribution in [1.29, 1.82) is 0 Å². The Morgan fingerprint density at radius 1 is 1.12 bits per heavy atom. The molecular formula is C10H8N4O2. The minimum Gasteiger partial charge on any atom is -0.350 e. The van der Waals surface area contributed by atoms with E-state index in [9.17, 15) is 10.1 Å². The van der Waals surface area contributed by atoms with Gasteiger partial charge in [0.15, 0.2) is 0 Å². The van der Waals surface area contributed by atoms with Crippen LogP contribution in [-0.2, 0) is 0 Å². The van der Waals surface area contributed by atoms with Crippen molar-refractivity contribution >= 4 is 17.1 Å². The molecule has 0 aromatic carbocycles. The van der Waals surface area contributed by atoms with Crippen LogP contribution in [-0.4, -0.2) is 14.9 Å². The highest BCUT2D eigenvalue weighted by atomic mass is 16.6. The van der Waals surface area contributed by atoms with Crippen LogP contribution >= 0.6 is 0 Å². The Kier molecular flexibility index (Phi) is 2.73. The molecule has 2 aromatic rings. The number of pyridine rings is 2. The van der Waals surface area contributed by atoms with Crippen molar-refractivity contribution in [1.82, 2.24) is 9.97 Å². The molecule has 2 heterocycles. The molecule has 0 radical (unpaired) electrons. The fraction of sp³-hybridized carbons (Fsp3) is 0. The number of nitro groups is 1. The predicted octanol–water partition coefficient (Wildman–Crippen LogP) is 2.13. The molecule has 2 aromatic heterocycles. The van der Waals surface area contributed by atoms with Crippen molar-refractivity contribution in [2.45, 2.75) is 0 Å². The summed E-state index contributed by atoms with van der Waals surface area (Å²) in [6.07, 6.45) is 5.92. The largest absolute Gasteiger partial charge is 0.350 e. The van der Waals surface area contributed by atoms with Gasteiger partial charge >= 0.3 is 5.69 Å². The number of anilines is 2. The van der Waals surface area contributed by atoms with Crippen LogP contribution in [0.15, 0.2) is 43.0 Å². The van der Waals surface area contributed by atoms with Crippen LogP contribution in [0.2, 0.25) is 0 Å². The van der Waals surface area contributed by atoms with E-state index < -0.39 is 4.92 Å². The molecule has 0 saturated heterocycles. The Bertz CT molecular complexity index is 501. The van der Waals surface area contributed by atoms with Crippen molar-refractivity contribution in [3.05, 3.63) is 53.1 Å². The molecule has 6 heteroatoms. The molecule has 0 atom stereocenters. The van der Waals surface area contributed by atoms with Crippen molar-refractivity contribution in [3.8, 4) is 0 Å². The first-order valence-corrected chi connectivity index (χ1v) is 4.53. The lowest BCUT2D eigenvalue weighted by Gasteiger charge is -2.05. The topological polar surface area (TPSA) is 81.0 Å². The number of rotatable bonds is 3. The highest BCUT2D eigenvalue weighted by Crippen LogP contribution is 2.25. The van der Waals surface area contributed by atoms with E-state index in [1.54, 1.807) is 30.6 Å². The molecule has 0 bridgehead atoms. The summed E-state index contributed by atoms with van der Waals surface area (Å²) in [6, 6.07) is 5.01. The van der Waals surface area contributed by atoms with Crippen molar-refractivity contribution in [2.75, 3.05) is 5.32 Å². The summed E-state index contributed by atoms with van der Waals surface area (Å²) >= 11 is 0. The molecule has 0 amide bonds. The summed E-state index contributed by atoms with van der Waals surface area (Å²) in [5.74, 6) is 0. The first-order chi connectivity index (χ1) is 7.77. The Morgan fingerprint density at radius 3 is 2.50 bits per heavy atom. The van der Waals surface area contributed by atoms with Crippen LogP contribution < -0.4 is 5.32 Å². The van der Waals surface area contributed by atoms with Gasteiger partial charge in [0.05, 0.1) is 4.92 Å². The second kappa shape index (κ2) is 4.35. The fourth-order valence-corrected chi connectivity index (χ4v) is 1.23. The molecule has 6 nitrogen and oxygen atoms in total. The third-order valence-electron chi connectivity index (χ3n) is 1.96. The van der Waals surface area contributed by atoms with E-state index in [-0.39, 0.29) is 5.69 Å². The number of hydrogen-bond acceptors (Lipinski definition) is 5. The minimum absolute atomic E-state index is 0.0562.